The van der Waals surface area contributed by atoms with Crippen LogP contribution in [-0.4, -0.2) is 140 Å². The molecule has 550 valence electrons. The molecule has 2 rings (SSSR count). The molecule has 0 spiro atoms. The molecule has 0 radical (unpaired) electrons. The number of unbranched alkanes of at least 4 members (excludes halogenated alkanes) is 45. The van der Waals surface area contributed by atoms with Gasteiger partial charge in [-0.25, -0.2) is 0 Å². The molecule has 0 aromatic heterocycles. The van der Waals surface area contributed by atoms with Crippen LogP contribution in [0.4, 0.5) is 0 Å². The van der Waals surface area contributed by atoms with E-state index in [9.17, 15) is 45.6 Å². The highest BCUT2D eigenvalue weighted by molar-refractivity contribution is 5.76. The van der Waals surface area contributed by atoms with Crippen LogP contribution in [-0.2, 0) is 23.7 Å². The maximum absolute atomic E-state index is 13.4. The zero-order valence-electron chi connectivity index (χ0n) is 60.2. The summed E-state index contributed by atoms with van der Waals surface area (Å²) in [7, 11) is 0. The summed E-state index contributed by atoms with van der Waals surface area (Å²) in [6.07, 6.45) is 70.1. The number of ether oxygens (including phenoxy) is 4. The van der Waals surface area contributed by atoms with E-state index in [2.05, 4.69) is 67.8 Å². The molecule has 9 N–H and O–H groups in total. The number of aliphatic hydroxyl groups excluding tert-OH is 8. The first-order valence-electron chi connectivity index (χ1n) is 39.5. The van der Waals surface area contributed by atoms with Crippen LogP contribution in [0.1, 0.15) is 348 Å². The molecule has 0 saturated carbocycles. The quantitative estimate of drug-likeness (QED) is 0.0204. The summed E-state index contributed by atoms with van der Waals surface area (Å²) in [6.45, 7) is 2.74. The second-order valence-electron chi connectivity index (χ2n) is 27.8. The Bertz CT molecular complexity index is 1810. The fourth-order valence-electron chi connectivity index (χ4n) is 13.0. The topological polar surface area (TPSA) is 228 Å². The fourth-order valence-corrected chi connectivity index (χ4v) is 13.0. The molecule has 2 fully saturated rings. The number of hydrogen-bond acceptors (Lipinski definition) is 13. The lowest BCUT2D eigenvalue weighted by Crippen LogP contribution is -2.65. The lowest BCUT2D eigenvalue weighted by molar-refractivity contribution is -0.359. The van der Waals surface area contributed by atoms with Gasteiger partial charge in [-0.2, -0.15) is 0 Å². The van der Waals surface area contributed by atoms with Crippen LogP contribution >= 0.6 is 0 Å². The van der Waals surface area contributed by atoms with Crippen molar-refractivity contribution in [2.75, 3.05) is 19.8 Å². The number of allylic oxidation sites excluding steroid dienone is 9. The summed E-state index contributed by atoms with van der Waals surface area (Å²) in [5.41, 5.74) is 0. The molecule has 2 heterocycles. The van der Waals surface area contributed by atoms with Crippen LogP contribution in [0.5, 0.6) is 0 Å². The van der Waals surface area contributed by atoms with E-state index in [-0.39, 0.29) is 18.9 Å². The van der Waals surface area contributed by atoms with Gasteiger partial charge in [0.2, 0.25) is 5.91 Å². The third kappa shape index (κ3) is 46.9. The van der Waals surface area contributed by atoms with Crippen molar-refractivity contribution in [1.29, 1.82) is 0 Å². The predicted molar refractivity (Wildman–Crippen MR) is 387 cm³/mol. The monoisotopic (exact) mass is 1330 g/mol. The largest absolute Gasteiger partial charge is 0.394 e. The minimum Gasteiger partial charge on any atom is -0.394 e. The minimum absolute atomic E-state index is 0.235. The lowest BCUT2D eigenvalue weighted by atomic mass is 9.97. The summed E-state index contributed by atoms with van der Waals surface area (Å²) in [5.74, 6) is -0.235. The molecular formula is C80H147NO13. The number of hydrogen-bond donors (Lipinski definition) is 9. The van der Waals surface area contributed by atoms with Crippen molar-refractivity contribution in [3.63, 3.8) is 0 Å². The van der Waals surface area contributed by atoms with Crippen LogP contribution in [0.25, 0.3) is 0 Å². The van der Waals surface area contributed by atoms with Crippen LogP contribution < -0.4 is 5.32 Å². The van der Waals surface area contributed by atoms with Gasteiger partial charge in [0.25, 0.3) is 0 Å². The zero-order chi connectivity index (χ0) is 68.0. The highest BCUT2D eigenvalue weighted by atomic mass is 16.7. The number of carbonyl (C=O) groups is 1. The molecule has 1 amide bonds. The van der Waals surface area contributed by atoms with E-state index in [1.807, 2.05) is 6.08 Å². The van der Waals surface area contributed by atoms with E-state index in [0.29, 0.717) is 6.42 Å². The number of nitrogens with one attached hydrogen (secondary N) is 1. The molecule has 14 nitrogen and oxygen atoms in total. The van der Waals surface area contributed by atoms with Crippen molar-refractivity contribution in [3.8, 4) is 0 Å². The zero-order valence-corrected chi connectivity index (χ0v) is 60.2. The highest BCUT2D eigenvalue weighted by Gasteiger charge is 2.51. The average Bonchev–Trinajstić information content (AvgIpc) is 0.794. The molecule has 2 saturated heterocycles. The third-order valence-electron chi connectivity index (χ3n) is 19.2. The smallest absolute Gasteiger partial charge is 0.220 e. The minimum atomic E-state index is -1.79. The maximum Gasteiger partial charge on any atom is 0.220 e. The average molecular weight is 1330 g/mol. The molecule has 2 aliphatic rings. The van der Waals surface area contributed by atoms with Gasteiger partial charge >= 0.3 is 0 Å². The second kappa shape index (κ2) is 64.1. The molecule has 2 aliphatic heterocycles. The summed E-state index contributed by atoms with van der Waals surface area (Å²) in [4.78, 5) is 13.4. The lowest BCUT2D eigenvalue weighted by Gasteiger charge is -2.46. The summed E-state index contributed by atoms with van der Waals surface area (Å²) in [6, 6.07) is -0.918. The Morgan fingerprint density at radius 3 is 1.13 bits per heavy atom. The van der Waals surface area contributed by atoms with Gasteiger partial charge in [0.15, 0.2) is 12.6 Å². The first-order chi connectivity index (χ1) is 46.1. The second-order valence-corrected chi connectivity index (χ2v) is 27.8. The number of amides is 1. The van der Waals surface area contributed by atoms with E-state index in [1.165, 1.54) is 257 Å². The predicted octanol–water partition coefficient (Wildman–Crippen LogP) is 17.6. The fraction of sp³-hybridized carbons (Fsp3) is 0.863. The normalized spacial score (nSPS) is 22.7. The molecule has 12 unspecified atom stereocenters. The first kappa shape index (κ1) is 87.8. The van der Waals surface area contributed by atoms with E-state index >= 15 is 0 Å². The van der Waals surface area contributed by atoms with Crippen molar-refractivity contribution in [3.05, 3.63) is 60.8 Å². The molecular weight excluding hydrogens is 1180 g/mol. The standard InChI is InChI=1S/C80H147NO13/c1-3-5-7-9-11-13-15-17-19-21-23-25-27-29-31-33-34-36-37-39-41-43-45-47-49-51-53-55-57-59-61-63-69(84)68(67-91-79-77(90)75(88)78(71(66-83)93-79)94-80-76(89)74(87)73(86)70(65-82)92-80)81-72(85)64-62-60-58-56-54-52-50-48-46-44-42-40-38-35-32-30-28-26-24-22-20-18-16-14-12-10-8-6-4-2/h6,8,12,14,18,20,24,26,61,63,68-71,73-80,82-84,86-90H,3-5,7,9-11,13,15-17,19,21-23,25,27-60,62,64-67H2,1-2H3,(H,81,85)/b8-6-,14-12-,20-18-,26-24-,63-61+. The summed E-state index contributed by atoms with van der Waals surface area (Å²) in [5, 5.41) is 87.7. The van der Waals surface area contributed by atoms with Crippen LogP contribution in [0, 0.1) is 0 Å². The van der Waals surface area contributed by atoms with Crippen LogP contribution in [0.15, 0.2) is 60.8 Å². The molecule has 14 heteroatoms. The molecule has 0 bridgehead atoms. The first-order valence-corrected chi connectivity index (χ1v) is 39.5. The van der Waals surface area contributed by atoms with Crippen molar-refractivity contribution < 1.29 is 64.6 Å². The number of rotatable bonds is 66. The van der Waals surface area contributed by atoms with Gasteiger partial charge in [-0.1, -0.05) is 344 Å². The van der Waals surface area contributed by atoms with E-state index in [1.54, 1.807) is 6.08 Å². The van der Waals surface area contributed by atoms with Gasteiger partial charge in [0.05, 0.1) is 32.0 Å². The van der Waals surface area contributed by atoms with Crippen LogP contribution in [0.2, 0.25) is 0 Å². The molecule has 94 heavy (non-hydrogen) atoms. The van der Waals surface area contributed by atoms with Crippen molar-refractivity contribution >= 4 is 5.91 Å². The Morgan fingerprint density at radius 2 is 0.734 bits per heavy atom. The van der Waals surface area contributed by atoms with E-state index < -0.39 is 86.8 Å². The van der Waals surface area contributed by atoms with Gasteiger partial charge in [0, 0.05) is 6.42 Å². The van der Waals surface area contributed by atoms with Crippen molar-refractivity contribution in [2.45, 2.75) is 421 Å². The molecule has 0 aliphatic carbocycles. The van der Waals surface area contributed by atoms with Gasteiger partial charge < -0.3 is 65.1 Å². The highest BCUT2D eigenvalue weighted by Crippen LogP contribution is 2.30. The summed E-state index contributed by atoms with van der Waals surface area (Å²) >= 11 is 0. The van der Waals surface area contributed by atoms with Gasteiger partial charge in [-0.3, -0.25) is 4.79 Å². The Hall–Kier alpha value is -2.31. The Balaban J connectivity index is 1.63. The molecule has 0 aromatic carbocycles. The number of aliphatic hydroxyl groups is 8. The Kier molecular flexibility index (Phi) is 59.8. The molecule has 0 aromatic rings. The van der Waals surface area contributed by atoms with E-state index in [0.717, 1.165) is 64.2 Å². The maximum atomic E-state index is 13.4. The van der Waals surface area contributed by atoms with Crippen molar-refractivity contribution in [2.24, 2.45) is 0 Å². The third-order valence-corrected chi connectivity index (χ3v) is 19.2. The summed E-state index contributed by atoms with van der Waals surface area (Å²) < 4.78 is 22.9. The van der Waals surface area contributed by atoms with Gasteiger partial charge in [-0.15, -0.1) is 0 Å². The molecule has 12 atom stereocenters. The van der Waals surface area contributed by atoms with Gasteiger partial charge in [-0.05, 0) is 57.8 Å². The Morgan fingerprint density at radius 1 is 0.394 bits per heavy atom. The number of carbonyl (C=O) groups excluding carboxylic acids is 1. The van der Waals surface area contributed by atoms with Crippen LogP contribution in [0.3, 0.4) is 0 Å². The van der Waals surface area contributed by atoms with Crippen molar-refractivity contribution in [1.82, 2.24) is 5.32 Å². The SMILES string of the molecule is CC/C=C\C/C=C\C/C=C\C/C=C\CCCCCCCCCCCCCCCCCCC(=O)NC(COC1OC(CO)C(OC2OC(CO)C(O)C(O)C2O)C(O)C1O)C(O)/C=C/CCCCCCCCCCCCCCCCCCCCCCCCCCCCCCC. The van der Waals surface area contributed by atoms with E-state index in [4.69, 9.17) is 18.9 Å². The van der Waals surface area contributed by atoms with Gasteiger partial charge in [0.1, 0.15) is 48.8 Å². The Labute approximate surface area is 575 Å².